The van der Waals surface area contributed by atoms with E-state index in [1.807, 2.05) is 16.9 Å². The second-order valence-electron chi connectivity index (χ2n) is 5.49. The van der Waals surface area contributed by atoms with Gasteiger partial charge < -0.3 is 0 Å². The van der Waals surface area contributed by atoms with Gasteiger partial charge in [-0.25, -0.2) is 13.1 Å². The summed E-state index contributed by atoms with van der Waals surface area (Å²) >= 11 is 0. The summed E-state index contributed by atoms with van der Waals surface area (Å²) in [4.78, 5) is 2.21. The number of hydrogen-bond acceptors (Lipinski definition) is 4. The molecule has 0 radical (unpaired) electrons. The summed E-state index contributed by atoms with van der Waals surface area (Å²) in [6, 6.07) is 8.17. The van der Waals surface area contributed by atoms with Gasteiger partial charge in [-0.1, -0.05) is 6.07 Å². The van der Waals surface area contributed by atoms with Gasteiger partial charge in [0.25, 0.3) is 0 Å². The zero-order chi connectivity index (χ0) is 14.9. The minimum atomic E-state index is -2.81. The number of aromatic nitrogens is 2. The van der Waals surface area contributed by atoms with E-state index >= 15 is 0 Å². The van der Waals surface area contributed by atoms with E-state index in [-0.39, 0.29) is 11.5 Å². The Morgan fingerprint density at radius 1 is 1.24 bits per heavy atom. The van der Waals surface area contributed by atoms with E-state index in [2.05, 4.69) is 35.1 Å². The zero-order valence-electron chi connectivity index (χ0n) is 12.1. The number of nitrogens with zero attached hydrogens (tertiary/aromatic N) is 3. The molecule has 0 saturated carbocycles. The lowest BCUT2D eigenvalue weighted by atomic mass is 10.1. The standard InChI is InChI=1S/C15H19N3O2S/c1-13-11-15(18-6-2-5-16-18)4-3-14(13)12-17-7-9-21(19,20)10-8-17/h2-6,11H,7-10,12H2,1H3. The van der Waals surface area contributed by atoms with Crippen LogP contribution in [0.5, 0.6) is 0 Å². The van der Waals surface area contributed by atoms with Crippen LogP contribution >= 0.6 is 0 Å². The monoisotopic (exact) mass is 305 g/mol. The van der Waals surface area contributed by atoms with Crippen molar-refractivity contribution in [3.05, 3.63) is 47.8 Å². The highest BCUT2D eigenvalue weighted by Crippen LogP contribution is 2.17. The topological polar surface area (TPSA) is 55.2 Å². The number of benzene rings is 1. The molecular formula is C15H19N3O2S. The summed E-state index contributed by atoms with van der Waals surface area (Å²) in [5.74, 6) is 0.550. The van der Waals surface area contributed by atoms with Crippen molar-refractivity contribution < 1.29 is 8.42 Å². The maximum absolute atomic E-state index is 11.5. The van der Waals surface area contributed by atoms with Gasteiger partial charge in [-0.2, -0.15) is 5.10 Å². The van der Waals surface area contributed by atoms with Gasteiger partial charge in [0.05, 0.1) is 17.2 Å². The second kappa shape index (κ2) is 5.61. The molecule has 0 atom stereocenters. The maximum atomic E-state index is 11.5. The fourth-order valence-corrected chi connectivity index (χ4v) is 3.85. The molecule has 1 saturated heterocycles. The smallest absolute Gasteiger partial charge is 0.152 e. The Morgan fingerprint density at radius 2 is 2.00 bits per heavy atom. The third kappa shape index (κ3) is 3.33. The molecule has 0 unspecified atom stereocenters. The van der Waals surface area contributed by atoms with Gasteiger partial charge in [0.2, 0.25) is 0 Å². The summed E-state index contributed by atoms with van der Waals surface area (Å²) in [7, 11) is -2.81. The van der Waals surface area contributed by atoms with Gasteiger partial charge in [-0.05, 0) is 36.2 Å². The van der Waals surface area contributed by atoms with Crippen LogP contribution in [-0.4, -0.2) is 47.7 Å². The highest BCUT2D eigenvalue weighted by atomic mass is 32.2. The molecule has 21 heavy (non-hydrogen) atoms. The first-order valence-corrected chi connectivity index (χ1v) is 8.88. The Bertz CT molecular complexity index is 709. The zero-order valence-corrected chi connectivity index (χ0v) is 12.9. The van der Waals surface area contributed by atoms with Crippen molar-refractivity contribution in [3.63, 3.8) is 0 Å². The predicted molar refractivity (Wildman–Crippen MR) is 82.2 cm³/mol. The molecule has 0 spiro atoms. The molecule has 0 N–H and O–H groups in total. The van der Waals surface area contributed by atoms with Crippen LogP contribution in [0.3, 0.4) is 0 Å². The average Bonchev–Trinajstić information content (AvgIpc) is 2.97. The average molecular weight is 305 g/mol. The number of aryl methyl sites for hydroxylation is 1. The Kier molecular flexibility index (Phi) is 3.82. The lowest BCUT2D eigenvalue weighted by Crippen LogP contribution is -2.39. The van der Waals surface area contributed by atoms with Gasteiger partial charge in [-0.3, -0.25) is 4.90 Å². The number of hydrogen-bond donors (Lipinski definition) is 0. The van der Waals surface area contributed by atoms with Crippen LogP contribution in [-0.2, 0) is 16.4 Å². The van der Waals surface area contributed by atoms with E-state index in [4.69, 9.17) is 0 Å². The van der Waals surface area contributed by atoms with Crippen molar-refractivity contribution in [3.8, 4) is 5.69 Å². The molecule has 1 fully saturated rings. The van der Waals surface area contributed by atoms with Crippen molar-refractivity contribution in [1.29, 1.82) is 0 Å². The third-order valence-corrected chi connectivity index (χ3v) is 5.54. The van der Waals surface area contributed by atoms with Gasteiger partial charge >= 0.3 is 0 Å². The lowest BCUT2D eigenvalue weighted by molar-refractivity contribution is 0.287. The first kappa shape index (κ1) is 14.3. The summed E-state index contributed by atoms with van der Waals surface area (Å²) in [6.45, 7) is 4.15. The fraction of sp³-hybridized carbons (Fsp3) is 0.400. The first-order chi connectivity index (χ1) is 10.0. The number of sulfone groups is 1. The van der Waals surface area contributed by atoms with Crippen LogP contribution in [0.1, 0.15) is 11.1 Å². The van der Waals surface area contributed by atoms with Crippen molar-refractivity contribution in [1.82, 2.24) is 14.7 Å². The van der Waals surface area contributed by atoms with Crippen molar-refractivity contribution in [2.24, 2.45) is 0 Å². The van der Waals surface area contributed by atoms with Crippen LogP contribution < -0.4 is 0 Å². The lowest BCUT2D eigenvalue weighted by Gasteiger charge is -2.27. The molecule has 3 rings (SSSR count). The number of rotatable bonds is 3. The maximum Gasteiger partial charge on any atom is 0.152 e. The Balaban J connectivity index is 1.72. The van der Waals surface area contributed by atoms with E-state index in [9.17, 15) is 8.42 Å². The van der Waals surface area contributed by atoms with Crippen LogP contribution in [0.2, 0.25) is 0 Å². The van der Waals surface area contributed by atoms with Crippen LogP contribution in [0.25, 0.3) is 5.69 Å². The SMILES string of the molecule is Cc1cc(-n2cccn2)ccc1CN1CCS(=O)(=O)CC1. The van der Waals surface area contributed by atoms with Gasteiger partial charge in [0.1, 0.15) is 0 Å². The second-order valence-corrected chi connectivity index (χ2v) is 7.79. The van der Waals surface area contributed by atoms with Crippen molar-refractivity contribution >= 4 is 9.84 Å². The normalized spacial score (nSPS) is 18.7. The van der Waals surface area contributed by atoms with E-state index in [0.29, 0.717) is 13.1 Å². The largest absolute Gasteiger partial charge is 0.297 e. The molecule has 1 aliphatic rings. The highest BCUT2D eigenvalue weighted by molar-refractivity contribution is 7.91. The Morgan fingerprint density at radius 3 is 2.62 bits per heavy atom. The molecule has 112 valence electrons. The molecular weight excluding hydrogens is 286 g/mol. The van der Waals surface area contributed by atoms with Crippen LogP contribution in [0.4, 0.5) is 0 Å². The van der Waals surface area contributed by atoms with E-state index < -0.39 is 9.84 Å². The quantitative estimate of drug-likeness (QED) is 0.860. The van der Waals surface area contributed by atoms with Crippen LogP contribution in [0.15, 0.2) is 36.7 Å². The Hall–Kier alpha value is -1.66. The van der Waals surface area contributed by atoms with Gasteiger partial charge in [0.15, 0.2) is 9.84 Å². The van der Waals surface area contributed by atoms with E-state index in [1.165, 1.54) is 11.1 Å². The molecule has 1 aromatic heterocycles. The molecule has 0 amide bonds. The fourth-order valence-electron chi connectivity index (χ4n) is 2.57. The van der Waals surface area contributed by atoms with E-state index in [0.717, 1.165) is 12.2 Å². The molecule has 2 heterocycles. The highest BCUT2D eigenvalue weighted by Gasteiger charge is 2.21. The molecule has 1 aliphatic heterocycles. The molecule has 1 aromatic carbocycles. The van der Waals surface area contributed by atoms with Crippen molar-refractivity contribution in [2.45, 2.75) is 13.5 Å². The van der Waals surface area contributed by atoms with Crippen molar-refractivity contribution in [2.75, 3.05) is 24.6 Å². The molecule has 0 bridgehead atoms. The summed E-state index contributed by atoms with van der Waals surface area (Å²) in [5, 5.41) is 4.23. The first-order valence-electron chi connectivity index (χ1n) is 7.06. The molecule has 5 nitrogen and oxygen atoms in total. The summed E-state index contributed by atoms with van der Waals surface area (Å²) < 4.78 is 24.7. The summed E-state index contributed by atoms with van der Waals surface area (Å²) in [5.41, 5.74) is 3.49. The Labute approximate surface area is 125 Å². The summed E-state index contributed by atoms with van der Waals surface area (Å²) in [6.07, 6.45) is 3.68. The molecule has 0 aliphatic carbocycles. The van der Waals surface area contributed by atoms with Gasteiger partial charge in [0, 0.05) is 32.0 Å². The molecule has 6 heteroatoms. The molecule has 2 aromatic rings. The van der Waals surface area contributed by atoms with Gasteiger partial charge in [-0.15, -0.1) is 0 Å². The predicted octanol–water partition coefficient (Wildman–Crippen LogP) is 1.41. The minimum absolute atomic E-state index is 0.275. The third-order valence-electron chi connectivity index (χ3n) is 3.93. The van der Waals surface area contributed by atoms with Crippen LogP contribution in [0, 0.1) is 6.92 Å². The van der Waals surface area contributed by atoms with E-state index in [1.54, 1.807) is 6.20 Å². The minimum Gasteiger partial charge on any atom is -0.297 e.